The number of hydrogen-bond donors (Lipinski definition) is 0. The molecule has 3 atom stereocenters. The zero-order valence-corrected chi connectivity index (χ0v) is 13.6. The highest BCUT2D eigenvalue weighted by molar-refractivity contribution is 4.96. The SMILES string of the molecule is CCC1(CC)CC(N2CC3CCCN3CC2C)CCO1. The highest BCUT2D eigenvalue weighted by Crippen LogP contribution is 2.36. The fourth-order valence-electron chi connectivity index (χ4n) is 4.75. The summed E-state index contributed by atoms with van der Waals surface area (Å²) >= 11 is 0. The van der Waals surface area contributed by atoms with Crippen LogP contribution in [0.1, 0.15) is 59.3 Å². The van der Waals surface area contributed by atoms with Gasteiger partial charge in [0.2, 0.25) is 0 Å². The van der Waals surface area contributed by atoms with Gasteiger partial charge in [-0.1, -0.05) is 13.8 Å². The second-order valence-corrected chi connectivity index (χ2v) is 7.22. The minimum atomic E-state index is 0.162. The molecule has 0 amide bonds. The van der Waals surface area contributed by atoms with E-state index < -0.39 is 0 Å². The summed E-state index contributed by atoms with van der Waals surface area (Å²) in [6, 6.07) is 2.31. The topological polar surface area (TPSA) is 15.7 Å². The van der Waals surface area contributed by atoms with E-state index in [2.05, 4.69) is 30.6 Å². The minimum absolute atomic E-state index is 0.162. The molecule has 3 unspecified atom stereocenters. The molecular formula is C17H32N2O. The number of nitrogens with zero attached hydrogens (tertiary/aromatic N) is 2. The summed E-state index contributed by atoms with van der Waals surface area (Å²) in [5.74, 6) is 0. The molecular weight excluding hydrogens is 248 g/mol. The van der Waals surface area contributed by atoms with E-state index in [0.29, 0.717) is 0 Å². The normalized spacial score (nSPS) is 38.9. The highest BCUT2D eigenvalue weighted by Gasteiger charge is 2.42. The van der Waals surface area contributed by atoms with Crippen LogP contribution in [0.5, 0.6) is 0 Å². The van der Waals surface area contributed by atoms with Gasteiger partial charge in [0.1, 0.15) is 0 Å². The van der Waals surface area contributed by atoms with Gasteiger partial charge in [-0.25, -0.2) is 0 Å². The van der Waals surface area contributed by atoms with Crippen LogP contribution in [0.2, 0.25) is 0 Å². The van der Waals surface area contributed by atoms with Gasteiger partial charge in [0.15, 0.2) is 0 Å². The van der Waals surface area contributed by atoms with E-state index in [1.165, 1.54) is 45.3 Å². The zero-order chi connectivity index (χ0) is 14.2. The molecule has 0 radical (unpaired) electrons. The smallest absolute Gasteiger partial charge is 0.0692 e. The highest BCUT2D eigenvalue weighted by atomic mass is 16.5. The lowest BCUT2D eigenvalue weighted by molar-refractivity contribution is -0.122. The number of fused-ring (bicyclic) bond motifs is 1. The van der Waals surface area contributed by atoms with Crippen LogP contribution in [0.25, 0.3) is 0 Å². The second kappa shape index (κ2) is 5.94. The molecule has 0 saturated carbocycles. The average Bonchev–Trinajstić information content (AvgIpc) is 2.93. The number of ether oxygens (including phenoxy) is 1. The van der Waals surface area contributed by atoms with Crippen LogP contribution in [-0.4, -0.2) is 59.8 Å². The maximum absolute atomic E-state index is 6.17. The molecule has 3 heteroatoms. The molecule has 3 aliphatic heterocycles. The number of rotatable bonds is 3. The van der Waals surface area contributed by atoms with Crippen molar-refractivity contribution in [3.05, 3.63) is 0 Å². The summed E-state index contributed by atoms with van der Waals surface area (Å²) in [4.78, 5) is 5.56. The first-order chi connectivity index (χ1) is 9.67. The van der Waals surface area contributed by atoms with Crippen molar-refractivity contribution in [1.29, 1.82) is 0 Å². The van der Waals surface area contributed by atoms with E-state index in [4.69, 9.17) is 4.74 Å². The Morgan fingerprint density at radius 2 is 1.90 bits per heavy atom. The third-order valence-electron chi connectivity index (χ3n) is 6.21. The van der Waals surface area contributed by atoms with Crippen molar-refractivity contribution in [2.45, 2.75) is 83.0 Å². The van der Waals surface area contributed by atoms with Crippen LogP contribution in [0.4, 0.5) is 0 Å². The molecule has 0 bridgehead atoms. The Balaban J connectivity index is 1.68. The summed E-state index contributed by atoms with van der Waals surface area (Å²) in [6.07, 6.45) is 7.64. The molecule has 3 heterocycles. The fourth-order valence-corrected chi connectivity index (χ4v) is 4.75. The standard InChI is InChI=1S/C17H32N2O/c1-4-17(5-2)11-15(8-10-20-17)19-13-16-7-6-9-18(16)12-14(19)3/h14-16H,4-13H2,1-3H3. The number of hydrogen-bond acceptors (Lipinski definition) is 3. The molecule has 0 spiro atoms. The predicted molar refractivity (Wildman–Crippen MR) is 83.1 cm³/mol. The van der Waals surface area contributed by atoms with Gasteiger partial charge in [0, 0.05) is 37.8 Å². The zero-order valence-electron chi connectivity index (χ0n) is 13.6. The van der Waals surface area contributed by atoms with E-state index in [1.54, 1.807) is 0 Å². The van der Waals surface area contributed by atoms with Gasteiger partial charge in [-0.2, -0.15) is 0 Å². The van der Waals surface area contributed by atoms with Crippen molar-refractivity contribution < 1.29 is 4.74 Å². The lowest BCUT2D eigenvalue weighted by Crippen LogP contribution is -2.60. The Labute approximate surface area is 124 Å². The van der Waals surface area contributed by atoms with Crippen LogP contribution in [0.3, 0.4) is 0 Å². The van der Waals surface area contributed by atoms with Crippen molar-refractivity contribution >= 4 is 0 Å². The van der Waals surface area contributed by atoms with Gasteiger partial charge in [-0.15, -0.1) is 0 Å². The van der Waals surface area contributed by atoms with E-state index >= 15 is 0 Å². The minimum Gasteiger partial charge on any atom is -0.375 e. The fraction of sp³-hybridized carbons (Fsp3) is 1.00. The van der Waals surface area contributed by atoms with Gasteiger partial charge in [-0.3, -0.25) is 9.80 Å². The molecule has 0 aromatic rings. The van der Waals surface area contributed by atoms with Crippen molar-refractivity contribution in [2.24, 2.45) is 0 Å². The molecule has 3 nitrogen and oxygen atoms in total. The Kier molecular flexibility index (Phi) is 4.40. The molecule has 3 aliphatic rings. The summed E-state index contributed by atoms with van der Waals surface area (Å²) in [5, 5.41) is 0. The average molecular weight is 280 g/mol. The summed E-state index contributed by atoms with van der Waals surface area (Å²) in [5.41, 5.74) is 0.162. The third-order valence-corrected chi connectivity index (χ3v) is 6.21. The molecule has 116 valence electrons. The lowest BCUT2D eigenvalue weighted by atomic mass is 9.84. The molecule has 0 aromatic carbocycles. The summed E-state index contributed by atoms with van der Waals surface area (Å²) < 4.78 is 6.17. The van der Waals surface area contributed by atoms with Crippen molar-refractivity contribution in [1.82, 2.24) is 9.80 Å². The first-order valence-electron chi connectivity index (χ1n) is 8.81. The van der Waals surface area contributed by atoms with Gasteiger partial charge >= 0.3 is 0 Å². The van der Waals surface area contributed by atoms with Gasteiger partial charge in [0.05, 0.1) is 5.60 Å². The van der Waals surface area contributed by atoms with Gasteiger partial charge in [0.25, 0.3) is 0 Å². The van der Waals surface area contributed by atoms with Crippen LogP contribution >= 0.6 is 0 Å². The van der Waals surface area contributed by atoms with Crippen molar-refractivity contribution in [3.8, 4) is 0 Å². The van der Waals surface area contributed by atoms with Crippen LogP contribution < -0.4 is 0 Å². The molecule has 20 heavy (non-hydrogen) atoms. The van der Waals surface area contributed by atoms with Crippen LogP contribution in [-0.2, 0) is 4.74 Å². The predicted octanol–water partition coefficient (Wildman–Crippen LogP) is 2.89. The lowest BCUT2D eigenvalue weighted by Gasteiger charge is -2.50. The molecule has 0 aromatic heterocycles. The molecule has 3 rings (SSSR count). The van der Waals surface area contributed by atoms with Crippen LogP contribution in [0.15, 0.2) is 0 Å². The van der Waals surface area contributed by atoms with Gasteiger partial charge in [-0.05, 0) is 52.0 Å². The Hall–Kier alpha value is -0.120. The maximum atomic E-state index is 6.17. The molecule has 0 N–H and O–H groups in total. The number of piperazine rings is 1. The Morgan fingerprint density at radius 1 is 1.10 bits per heavy atom. The summed E-state index contributed by atoms with van der Waals surface area (Å²) in [6.45, 7) is 11.9. The van der Waals surface area contributed by atoms with Crippen molar-refractivity contribution in [3.63, 3.8) is 0 Å². The Morgan fingerprint density at radius 3 is 2.65 bits per heavy atom. The molecule has 3 fully saturated rings. The monoisotopic (exact) mass is 280 g/mol. The van der Waals surface area contributed by atoms with Crippen molar-refractivity contribution in [2.75, 3.05) is 26.2 Å². The third kappa shape index (κ3) is 2.65. The first-order valence-corrected chi connectivity index (χ1v) is 8.81. The Bertz CT molecular complexity index is 329. The maximum Gasteiger partial charge on any atom is 0.0692 e. The summed E-state index contributed by atoms with van der Waals surface area (Å²) in [7, 11) is 0. The van der Waals surface area contributed by atoms with E-state index in [0.717, 1.165) is 37.6 Å². The molecule has 0 aliphatic carbocycles. The first kappa shape index (κ1) is 14.8. The second-order valence-electron chi connectivity index (χ2n) is 7.22. The molecule has 3 saturated heterocycles. The quantitative estimate of drug-likeness (QED) is 0.790. The van der Waals surface area contributed by atoms with Gasteiger partial charge < -0.3 is 4.74 Å². The van der Waals surface area contributed by atoms with E-state index in [1.807, 2.05) is 0 Å². The van der Waals surface area contributed by atoms with Crippen LogP contribution in [0, 0.1) is 0 Å². The van der Waals surface area contributed by atoms with E-state index in [9.17, 15) is 0 Å². The largest absolute Gasteiger partial charge is 0.375 e. The van der Waals surface area contributed by atoms with E-state index in [-0.39, 0.29) is 5.60 Å².